The first-order chi connectivity index (χ1) is 14.1. The Morgan fingerprint density at radius 1 is 1.21 bits per heavy atom. The predicted octanol–water partition coefficient (Wildman–Crippen LogP) is 4.35. The lowest BCUT2D eigenvalue weighted by molar-refractivity contribution is 0.0955. The van der Waals surface area contributed by atoms with Crippen molar-refractivity contribution in [2.24, 2.45) is 5.10 Å². The minimum Gasteiger partial charge on any atom is -0.493 e. The van der Waals surface area contributed by atoms with Crippen molar-refractivity contribution in [3.05, 3.63) is 86.7 Å². The molecule has 0 bridgehead atoms. The summed E-state index contributed by atoms with van der Waals surface area (Å²) in [4.78, 5) is 15.9. The molecule has 0 saturated carbocycles. The monoisotopic (exact) mass is 501 g/mol. The molecule has 0 aliphatic heterocycles. The zero-order valence-corrected chi connectivity index (χ0v) is 18.2. The number of hydrogen-bond acceptors (Lipinski definition) is 5. The highest BCUT2D eigenvalue weighted by atomic mass is 127. The molecule has 148 valence electrons. The number of methoxy groups -OCH3 is 1. The number of aryl methyl sites for hydroxylation is 1. The second-order valence-corrected chi connectivity index (χ2v) is 7.35. The molecule has 2 aromatic carbocycles. The molecule has 3 rings (SSSR count). The van der Waals surface area contributed by atoms with Crippen LogP contribution in [0.4, 0.5) is 0 Å². The summed E-state index contributed by atoms with van der Waals surface area (Å²) in [5, 5.41) is 4.02. The van der Waals surface area contributed by atoms with Gasteiger partial charge in [0.15, 0.2) is 11.5 Å². The van der Waals surface area contributed by atoms with Gasteiger partial charge in [-0.2, -0.15) is 5.10 Å². The van der Waals surface area contributed by atoms with Crippen LogP contribution in [0, 0.1) is 10.5 Å². The van der Waals surface area contributed by atoms with Gasteiger partial charge in [0.25, 0.3) is 5.91 Å². The van der Waals surface area contributed by atoms with Crippen molar-refractivity contribution in [2.45, 2.75) is 13.5 Å². The molecule has 0 atom stereocenters. The largest absolute Gasteiger partial charge is 0.493 e. The van der Waals surface area contributed by atoms with E-state index in [1.807, 2.05) is 30.3 Å². The Hall–Kier alpha value is -2.94. The highest BCUT2D eigenvalue weighted by Crippen LogP contribution is 2.34. The minimum absolute atomic E-state index is 0.302. The Morgan fingerprint density at radius 2 is 1.97 bits per heavy atom. The molecule has 7 heteroatoms. The van der Waals surface area contributed by atoms with Crippen LogP contribution in [0.2, 0.25) is 0 Å². The number of ether oxygens (including phenoxy) is 2. The van der Waals surface area contributed by atoms with E-state index in [4.69, 9.17) is 9.47 Å². The van der Waals surface area contributed by atoms with E-state index in [1.165, 1.54) is 5.56 Å². The van der Waals surface area contributed by atoms with Gasteiger partial charge in [-0.05, 0) is 70.5 Å². The third kappa shape index (κ3) is 5.54. The first kappa shape index (κ1) is 20.8. The summed E-state index contributed by atoms with van der Waals surface area (Å²) in [6.45, 7) is 2.51. The van der Waals surface area contributed by atoms with Crippen LogP contribution in [-0.2, 0) is 6.61 Å². The van der Waals surface area contributed by atoms with Gasteiger partial charge in [-0.15, -0.1) is 0 Å². The molecular formula is C22H20IN3O3. The maximum atomic E-state index is 12.0. The molecule has 1 N–H and O–H groups in total. The maximum Gasteiger partial charge on any atom is 0.271 e. The lowest BCUT2D eigenvalue weighted by atomic mass is 10.1. The van der Waals surface area contributed by atoms with E-state index in [9.17, 15) is 4.79 Å². The lowest BCUT2D eigenvalue weighted by Crippen LogP contribution is -2.17. The van der Waals surface area contributed by atoms with Crippen molar-refractivity contribution in [3.63, 3.8) is 0 Å². The zero-order valence-electron chi connectivity index (χ0n) is 16.1. The number of benzene rings is 2. The van der Waals surface area contributed by atoms with Crippen molar-refractivity contribution in [1.29, 1.82) is 0 Å². The summed E-state index contributed by atoms with van der Waals surface area (Å²) in [7, 11) is 1.60. The number of halogens is 1. The minimum atomic E-state index is -0.302. The van der Waals surface area contributed by atoms with Gasteiger partial charge >= 0.3 is 0 Å². The number of carbonyl (C=O) groups is 1. The van der Waals surface area contributed by atoms with Gasteiger partial charge in [0.1, 0.15) is 6.61 Å². The number of carbonyl (C=O) groups excluding carboxylic acids is 1. The van der Waals surface area contributed by atoms with Crippen LogP contribution < -0.4 is 14.9 Å². The molecule has 29 heavy (non-hydrogen) atoms. The van der Waals surface area contributed by atoms with Gasteiger partial charge in [-0.3, -0.25) is 9.78 Å². The van der Waals surface area contributed by atoms with Gasteiger partial charge in [0, 0.05) is 18.0 Å². The summed E-state index contributed by atoms with van der Waals surface area (Å²) in [5.74, 6) is 0.977. The molecule has 0 saturated heterocycles. The molecule has 0 radical (unpaired) electrons. The Kier molecular flexibility index (Phi) is 7.18. The average molecular weight is 501 g/mol. The number of hydrazone groups is 1. The van der Waals surface area contributed by atoms with Crippen molar-refractivity contribution < 1.29 is 14.3 Å². The molecule has 0 unspecified atom stereocenters. The SMILES string of the molecule is COc1cc(C=NNC(=O)c2ccncc2)cc(I)c1OCc1ccccc1C. The molecule has 1 heterocycles. The standard InChI is InChI=1S/C22H20IN3O3/c1-15-5-3-4-6-18(15)14-29-21-19(23)11-16(12-20(21)28-2)13-25-26-22(27)17-7-9-24-10-8-17/h3-13H,14H2,1-2H3,(H,26,27). The predicted molar refractivity (Wildman–Crippen MR) is 121 cm³/mol. The Morgan fingerprint density at radius 3 is 2.69 bits per heavy atom. The lowest BCUT2D eigenvalue weighted by Gasteiger charge is -2.14. The first-order valence-corrected chi connectivity index (χ1v) is 9.94. The number of nitrogens with one attached hydrogen (secondary N) is 1. The van der Waals surface area contributed by atoms with Gasteiger partial charge in [0.2, 0.25) is 0 Å². The Balaban J connectivity index is 1.70. The second-order valence-electron chi connectivity index (χ2n) is 6.18. The molecule has 1 amide bonds. The summed E-state index contributed by atoms with van der Waals surface area (Å²) < 4.78 is 12.4. The fourth-order valence-electron chi connectivity index (χ4n) is 2.61. The smallest absolute Gasteiger partial charge is 0.271 e. The topological polar surface area (TPSA) is 72.8 Å². The molecule has 1 aromatic heterocycles. The number of rotatable bonds is 7. The molecule has 6 nitrogen and oxygen atoms in total. The Labute approximate surface area is 183 Å². The average Bonchev–Trinajstić information content (AvgIpc) is 2.74. The number of amides is 1. The van der Waals surface area contributed by atoms with E-state index in [0.29, 0.717) is 23.7 Å². The molecule has 0 aliphatic rings. The van der Waals surface area contributed by atoms with Crippen LogP contribution in [0.5, 0.6) is 11.5 Å². The first-order valence-electron chi connectivity index (χ1n) is 8.86. The van der Waals surface area contributed by atoms with Crippen LogP contribution in [0.3, 0.4) is 0 Å². The Bertz CT molecular complexity index is 1020. The van der Waals surface area contributed by atoms with E-state index in [0.717, 1.165) is 14.7 Å². The number of aromatic nitrogens is 1. The van der Waals surface area contributed by atoms with E-state index in [1.54, 1.807) is 37.9 Å². The van der Waals surface area contributed by atoms with Crippen LogP contribution in [0.1, 0.15) is 27.0 Å². The fourth-order valence-corrected chi connectivity index (χ4v) is 3.39. The maximum absolute atomic E-state index is 12.0. The molecule has 0 fully saturated rings. The highest BCUT2D eigenvalue weighted by molar-refractivity contribution is 14.1. The summed E-state index contributed by atoms with van der Waals surface area (Å²) >= 11 is 2.20. The molecule has 0 spiro atoms. The van der Waals surface area contributed by atoms with Crippen LogP contribution >= 0.6 is 22.6 Å². The number of nitrogens with zero attached hydrogens (tertiary/aromatic N) is 2. The second kappa shape index (κ2) is 10.0. The normalized spacial score (nSPS) is 10.7. The van der Waals surface area contributed by atoms with Crippen molar-refractivity contribution in [3.8, 4) is 11.5 Å². The van der Waals surface area contributed by atoms with Gasteiger partial charge in [-0.1, -0.05) is 24.3 Å². The van der Waals surface area contributed by atoms with Crippen LogP contribution in [-0.4, -0.2) is 24.2 Å². The van der Waals surface area contributed by atoms with Crippen molar-refractivity contribution in [1.82, 2.24) is 10.4 Å². The third-order valence-electron chi connectivity index (χ3n) is 4.21. The van der Waals surface area contributed by atoms with E-state index < -0.39 is 0 Å². The summed E-state index contributed by atoms with van der Waals surface area (Å²) in [6.07, 6.45) is 4.68. The van der Waals surface area contributed by atoms with Gasteiger partial charge in [0.05, 0.1) is 16.9 Å². The van der Waals surface area contributed by atoms with Crippen LogP contribution in [0.25, 0.3) is 0 Å². The highest BCUT2D eigenvalue weighted by Gasteiger charge is 2.12. The van der Waals surface area contributed by atoms with Crippen LogP contribution in [0.15, 0.2) is 66.0 Å². The van der Waals surface area contributed by atoms with Gasteiger partial charge < -0.3 is 9.47 Å². The fraction of sp³-hybridized carbons (Fsp3) is 0.136. The van der Waals surface area contributed by atoms with E-state index >= 15 is 0 Å². The van der Waals surface area contributed by atoms with Gasteiger partial charge in [-0.25, -0.2) is 5.43 Å². The van der Waals surface area contributed by atoms with E-state index in [2.05, 4.69) is 51.1 Å². The molecule has 0 aliphatic carbocycles. The quantitative estimate of drug-likeness (QED) is 0.297. The van der Waals surface area contributed by atoms with E-state index in [-0.39, 0.29) is 5.91 Å². The summed E-state index contributed by atoms with van der Waals surface area (Å²) in [6, 6.07) is 15.1. The number of hydrogen-bond donors (Lipinski definition) is 1. The van der Waals surface area contributed by atoms with Crippen molar-refractivity contribution in [2.75, 3.05) is 7.11 Å². The zero-order chi connectivity index (χ0) is 20.6. The molecular weight excluding hydrogens is 481 g/mol. The molecule has 3 aromatic rings. The van der Waals surface area contributed by atoms with Crippen molar-refractivity contribution >= 4 is 34.7 Å². The third-order valence-corrected chi connectivity index (χ3v) is 5.01. The number of pyridine rings is 1. The summed E-state index contributed by atoms with van der Waals surface area (Å²) in [5.41, 5.74) is 6.07.